The number of benzene rings is 1. The fourth-order valence-corrected chi connectivity index (χ4v) is 2.38. The second kappa shape index (κ2) is 5.41. The van der Waals surface area contributed by atoms with E-state index in [4.69, 9.17) is 10.5 Å². The van der Waals surface area contributed by atoms with Crippen LogP contribution in [-0.4, -0.2) is 26.3 Å². The number of rotatable bonds is 3. The molecule has 0 aromatic heterocycles. The zero-order chi connectivity index (χ0) is 12.3. The van der Waals surface area contributed by atoms with Gasteiger partial charge in [0.05, 0.1) is 17.5 Å². The van der Waals surface area contributed by atoms with Crippen LogP contribution in [-0.2, 0) is 4.74 Å². The Kier molecular flexibility index (Phi) is 3.89. The van der Waals surface area contributed by atoms with Crippen molar-refractivity contribution in [3.05, 3.63) is 23.8 Å². The van der Waals surface area contributed by atoms with Crippen LogP contribution < -0.4 is 10.6 Å². The predicted molar refractivity (Wildman–Crippen MR) is 72.5 cm³/mol. The van der Waals surface area contributed by atoms with E-state index in [1.807, 2.05) is 6.07 Å². The van der Waals surface area contributed by atoms with E-state index in [1.165, 1.54) is 18.4 Å². The number of anilines is 2. The van der Waals surface area contributed by atoms with Crippen molar-refractivity contribution in [3.63, 3.8) is 0 Å². The Balaban J connectivity index is 2.00. The van der Waals surface area contributed by atoms with Crippen LogP contribution >= 0.6 is 0 Å². The van der Waals surface area contributed by atoms with Gasteiger partial charge >= 0.3 is 0 Å². The van der Waals surface area contributed by atoms with Crippen molar-refractivity contribution in [1.82, 2.24) is 0 Å². The molecule has 0 saturated carbocycles. The second-order valence-electron chi connectivity index (χ2n) is 4.93. The highest BCUT2D eigenvalue weighted by Crippen LogP contribution is 2.24. The maximum absolute atomic E-state index is 6.04. The van der Waals surface area contributed by atoms with E-state index >= 15 is 0 Å². The smallest absolute Gasteiger partial charge is 0.0749 e. The molecule has 3 heteroatoms. The molecule has 1 fully saturated rings. The highest BCUT2D eigenvalue weighted by molar-refractivity contribution is 5.68. The average Bonchev–Trinajstić information content (AvgIpc) is 2.30. The molecular formula is C14H22N2O. The average molecular weight is 234 g/mol. The summed E-state index contributed by atoms with van der Waals surface area (Å²) in [7, 11) is 2.08. The van der Waals surface area contributed by atoms with Crippen LogP contribution in [0.25, 0.3) is 0 Å². The summed E-state index contributed by atoms with van der Waals surface area (Å²) in [6, 6.07) is 6.21. The van der Waals surface area contributed by atoms with E-state index in [9.17, 15) is 0 Å². The van der Waals surface area contributed by atoms with Crippen molar-refractivity contribution in [2.75, 3.05) is 30.8 Å². The van der Waals surface area contributed by atoms with Crippen LogP contribution in [0, 0.1) is 6.92 Å². The van der Waals surface area contributed by atoms with Crippen LogP contribution in [0.5, 0.6) is 0 Å². The summed E-state index contributed by atoms with van der Waals surface area (Å²) in [5, 5.41) is 0. The zero-order valence-electron chi connectivity index (χ0n) is 10.8. The fraction of sp³-hybridized carbons (Fsp3) is 0.571. The highest BCUT2D eigenvalue weighted by Gasteiger charge is 2.16. The van der Waals surface area contributed by atoms with Crippen LogP contribution in [0.2, 0.25) is 0 Å². The van der Waals surface area contributed by atoms with Gasteiger partial charge in [0.15, 0.2) is 0 Å². The molecule has 1 unspecified atom stereocenters. The number of hydrogen-bond acceptors (Lipinski definition) is 3. The van der Waals surface area contributed by atoms with Crippen LogP contribution in [0.3, 0.4) is 0 Å². The molecule has 1 aliphatic rings. The zero-order valence-corrected chi connectivity index (χ0v) is 10.8. The van der Waals surface area contributed by atoms with E-state index < -0.39 is 0 Å². The lowest BCUT2D eigenvalue weighted by molar-refractivity contribution is 0.0216. The third-order valence-corrected chi connectivity index (χ3v) is 3.35. The third-order valence-electron chi connectivity index (χ3n) is 3.35. The monoisotopic (exact) mass is 234 g/mol. The number of likely N-dealkylation sites (N-methyl/N-ethyl adjacent to an activating group) is 1. The molecule has 0 amide bonds. The van der Waals surface area contributed by atoms with E-state index in [0.29, 0.717) is 6.10 Å². The molecule has 0 radical (unpaired) electrons. The molecule has 3 nitrogen and oxygen atoms in total. The maximum Gasteiger partial charge on any atom is 0.0749 e. The molecule has 1 aliphatic heterocycles. The van der Waals surface area contributed by atoms with E-state index in [2.05, 4.69) is 31.0 Å². The summed E-state index contributed by atoms with van der Waals surface area (Å²) in [6.45, 7) is 3.89. The van der Waals surface area contributed by atoms with E-state index in [1.54, 1.807) is 0 Å². The summed E-state index contributed by atoms with van der Waals surface area (Å²) < 4.78 is 5.75. The molecule has 1 aromatic rings. The van der Waals surface area contributed by atoms with Gasteiger partial charge in [0.25, 0.3) is 0 Å². The first-order valence-electron chi connectivity index (χ1n) is 6.35. The third kappa shape index (κ3) is 3.13. The summed E-state index contributed by atoms with van der Waals surface area (Å²) in [4.78, 5) is 2.20. The molecule has 1 atom stereocenters. The number of nitrogens with two attached hydrogens (primary N) is 1. The van der Waals surface area contributed by atoms with Gasteiger partial charge in [0, 0.05) is 20.2 Å². The van der Waals surface area contributed by atoms with Gasteiger partial charge in [-0.15, -0.1) is 0 Å². The highest BCUT2D eigenvalue weighted by atomic mass is 16.5. The Morgan fingerprint density at radius 1 is 1.41 bits per heavy atom. The lowest BCUT2D eigenvalue weighted by atomic mass is 10.1. The fourth-order valence-electron chi connectivity index (χ4n) is 2.38. The molecule has 1 heterocycles. The van der Waals surface area contributed by atoms with Gasteiger partial charge in [-0.25, -0.2) is 0 Å². The van der Waals surface area contributed by atoms with Gasteiger partial charge < -0.3 is 15.4 Å². The van der Waals surface area contributed by atoms with Crippen LogP contribution in [0.1, 0.15) is 24.8 Å². The Morgan fingerprint density at radius 2 is 2.24 bits per heavy atom. The lowest BCUT2D eigenvalue weighted by Crippen LogP contribution is -2.33. The summed E-state index contributed by atoms with van der Waals surface area (Å²) in [6.07, 6.45) is 4.00. The van der Waals surface area contributed by atoms with Crippen molar-refractivity contribution in [3.8, 4) is 0 Å². The minimum atomic E-state index is 0.356. The van der Waals surface area contributed by atoms with Gasteiger partial charge in [0.1, 0.15) is 0 Å². The maximum atomic E-state index is 6.04. The minimum Gasteiger partial charge on any atom is -0.397 e. The van der Waals surface area contributed by atoms with Crippen molar-refractivity contribution >= 4 is 11.4 Å². The lowest BCUT2D eigenvalue weighted by Gasteiger charge is -2.29. The molecular weight excluding hydrogens is 212 g/mol. The Labute approximate surface area is 104 Å². The number of nitrogen functional groups attached to an aromatic ring is 1. The largest absolute Gasteiger partial charge is 0.397 e. The number of hydrogen-bond donors (Lipinski definition) is 1. The Hall–Kier alpha value is -1.22. The Morgan fingerprint density at radius 3 is 2.88 bits per heavy atom. The predicted octanol–water partition coefficient (Wildman–Crippen LogP) is 2.58. The number of nitrogens with zero attached hydrogens (tertiary/aromatic N) is 1. The van der Waals surface area contributed by atoms with Crippen LogP contribution in [0.4, 0.5) is 11.4 Å². The first-order valence-corrected chi connectivity index (χ1v) is 6.35. The molecule has 17 heavy (non-hydrogen) atoms. The summed E-state index contributed by atoms with van der Waals surface area (Å²) in [5.74, 6) is 0. The first-order chi connectivity index (χ1) is 8.16. The normalized spacial score (nSPS) is 20.2. The topological polar surface area (TPSA) is 38.5 Å². The molecule has 0 bridgehead atoms. The molecule has 0 spiro atoms. The SMILES string of the molecule is Cc1ccc(N(C)CC2CCCCO2)c(N)c1. The van der Waals surface area contributed by atoms with Crippen molar-refractivity contribution in [2.45, 2.75) is 32.3 Å². The van der Waals surface area contributed by atoms with Crippen molar-refractivity contribution < 1.29 is 4.74 Å². The van der Waals surface area contributed by atoms with Crippen LogP contribution in [0.15, 0.2) is 18.2 Å². The number of aryl methyl sites for hydroxylation is 1. The quantitative estimate of drug-likeness (QED) is 0.817. The molecule has 0 aliphatic carbocycles. The molecule has 2 N–H and O–H groups in total. The molecule has 1 aromatic carbocycles. The number of ether oxygens (including phenoxy) is 1. The molecule has 94 valence electrons. The minimum absolute atomic E-state index is 0.356. The van der Waals surface area contributed by atoms with Gasteiger partial charge in [-0.2, -0.15) is 0 Å². The summed E-state index contributed by atoms with van der Waals surface area (Å²) >= 11 is 0. The van der Waals surface area contributed by atoms with Gasteiger partial charge in [0.2, 0.25) is 0 Å². The van der Waals surface area contributed by atoms with Gasteiger partial charge in [-0.05, 0) is 43.9 Å². The van der Waals surface area contributed by atoms with E-state index in [0.717, 1.165) is 30.9 Å². The standard InChI is InChI=1S/C14H22N2O/c1-11-6-7-14(13(15)9-11)16(2)10-12-5-3-4-8-17-12/h6-7,9,12H,3-5,8,10,15H2,1-2H3. The second-order valence-corrected chi connectivity index (χ2v) is 4.93. The van der Waals surface area contributed by atoms with Crippen molar-refractivity contribution in [2.24, 2.45) is 0 Å². The Bertz CT molecular complexity index is 372. The first kappa shape index (κ1) is 12.2. The van der Waals surface area contributed by atoms with Crippen molar-refractivity contribution in [1.29, 1.82) is 0 Å². The summed E-state index contributed by atoms with van der Waals surface area (Å²) in [5.41, 5.74) is 9.20. The molecule has 1 saturated heterocycles. The van der Waals surface area contributed by atoms with Gasteiger partial charge in [-0.1, -0.05) is 6.07 Å². The van der Waals surface area contributed by atoms with E-state index in [-0.39, 0.29) is 0 Å². The molecule has 2 rings (SSSR count). The van der Waals surface area contributed by atoms with Gasteiger partial charge in [-0.3, -0.25) is 0 Å².